The second-order valence-electron chi connectivity index (χ2n) is 5.60. The van der Waals surface area contributed by atoms with Gasteiger partial charge in [0.2, 0.25) is 0 Å². The van der Waals surface area contributed by atoms with Gasteiger partial charge in [0.1, 0.15) is 22.9 Å². The second kappa shape index (κ2) is 8.33. The maximum Gasteiger partial charge on any atom is 0.352 e. The first-order valence-corrected chi connectivity index (χ1v) is 9.11. The van der Waals surface area contributed by atoms with Gasteiger partial charge in [-0.1, -0.05) is 35.9 Å². The van der Waals surface area contributed by atoms with Crippen molar-refractivity contribution in [3.8, 4) is 10.4 Å². The summed E-state index contributed by atoms with van der Waals surface area (Å²) in [7, 11) is 0. The summed E-state index contributed by atoms with van der Waals surface area (Å²) in [6, 6.07) is 13.5. The molecular weight excluding hydrogens is 408 g/mol. The molecule has 1 heterocycles. The van der Waals surface area contributed by atoms with E-state index in [4.69, 9.17) is 11.6 Å². The Hall–Kier alpha value is -3.03. The quantitative estimate of drug-likeness (QED) is 0.558. The second-order valence-corrected chi connectivity index (χ2v) is 7.12. The van der Waals surface area contributed by atoms with Crippen molar-refractivity contribution < 1.29 is 23.5 Å². The van der Waals surface area contributed by atoms with E-state index < -0.39 is 34.8 Å². The summed E-state index contributed by atoms with van der Waals surface area (Å²) in [5.41, 5.74) is -0.582. The van der Waals surface area contributed by atoms with Crippen LogP contribution in [0.25, 0.3) is 16.5 Å². The number of halogens is 3. The number of thiophene rings is 1. The van der Waals surface area contributed by atoms with Crippen LogP contribution in [0.4, 0.5) is 8.78 Å². The molecule has 0 unspecified atom stereocenters. The predicted octanol–water partition coefficient (Wildman–Crippen LogP) is 5.20. The number of benzene rings is 2. The predicted molar refractivity (Wildman–Crippen MR) is 104 cm³/mol. The van der Waals surface area contributed by atoms with Crippen molar-refractivity contribution in [2.45, 2.75) is 0 Å². The maximum atomic E-state index is 13.7. The van der Waals surface area contributed by atoms with Gasteiger partial charge in [0.25, 0.3) is 5.91 Å². The molecule has 0 bridgehead atoms. The van der Waals surface area contributed by atoms with Crippen molar-refractivity contribution >= 4 is 40.9 Å². The minimum absolute atomic E-state index is 0.514. The molecule has 142 valence electrons. The highest BCUT2D eigenvalue weighted by atomic mass is 35.5. The number of amides is 1. The number of nitrogens with one attached hydrogen (secondary N) is 1. The molecule has 2 N–H and O–H groups in total. The van der Waals surface area contributed by atoms with Crippen molar-refractivity contribution in [2.24, 2.45) is 0 Å². The number of rotatable bonds is 5. The van der Waals surface area contributed by atoms with Crippen LogP contribution in [0.2, 0.25) is 5.02 Å². The van der Waals surface area contributed by atoms with Gasteiger partial charge in [0, 0.05) is 20.3 Å². The third kappa shape index (κ3) is 4.27. The third-order valence-corrected chi connectivity index (χ3v) is 5.12. The van der Waals surface area contributed by atoms with Gasteiger partial charge >= 0.3 is 5.97 Å². The van der Waals surface area contributed by atoms with Gasteiger partial charge < -0.3 is 10.4 Å². The molecular formula is C20H12ClF2NO3S. The summed E-state index contributed by atoms with van der Waals surface area (Å²) >= 11 is 7.41. The first-order chi connectivity index (χ1) is 13.4. The van der Waals surface area contributed by atoms with Gasteiger partial charge in [0.15, 0.2) is 0 Å². The fourth-order valence-corrected chi connectivity index (χ4v) is 3.71. The molecule has 0 saturated carbocycles. The monoisotopic (exact) mass is 419 g/mol. The molecule has 4 nitrogen and oxygen atoms in total. The van der Waals surface area contributed by atoms with E-state index in [1.165, 1.54) is 17.4 Å². The van der Waals surface area contributed by atoms with Gasteiger partial charge in [-0.25, -0.2) is 13.6 Å². The van der Waals surface area contributed by atoms with Crippen LogP contribution < -0.4 is 5.32 Å². The number of aliphatic carboxylic acids is 1. The van der Waals surface area contributed by atoms with Crippen LogP contribution in [0.15, 0.2) is 60.3 Å². The van der Waals surface area contributed by atoms with Crippen molar-refractivity contribution in [3.63, 3.8) is 0 Å². The lowest BCUT2D eigenvalue weighted by Crippen LogP contribution is -2.28. The largest absolute Gasteiger partial charge is 0.477 e. The summed E-state index contributed by atoms with van der Waals surface area (Å²) in [6.45, 7) is 0. The first-order valence-electron chi connectivity index (χ1n) is 7.92. The number of carboxylic acid groups (broad SMARTS) is 1. The number of hydrogen-bond acceptors (Lipinski definition) is 3. The topological polar surface area (TPSA) is 66.4 Å². The van der Waals surface area contributed by atoms with Crippen LogP contribution >= 0.6 is 22.9 Å². The Bertz CT molecular complexity index is 1070. The first kappa shape index (κ1) is 19.7. The third-order valence-electron chi connectivity index (χ3n) is 3.72. The zero-order valence-electron chi connectivity index (χ0n) is 14.1. The Morgan fingerprint density at radius 2 is 1.68 bits per heavy atom. The molecule has 0 fully saturated rings. The SMILES string of the molecule is O=C(O)C(=Cc1ccc(-c2ccccc2Cl)s1)NC(=O)c1c(F)cccc1F. The van der Waals surface area contributed by atoms with Crippen molar-refractivity contribution in [1.29, 1.82) is 0 Å². The molecule has 0 aliphatic rings. The number of hydrogen-bond donors (Lipinski definition) is 2. The Morgan fingerprint density at radius 3 is 2.32 bits per heavy atom. The Kier molecular flexibility index (Phi) is 5.87. The fraction of sp³-hybridized carbons (Fsp3) is 0. The van der Waals surface area contributed by atoms with Gasteiger partial charge in [-0.3, -0.25) is 4.79 Å². The maximum absolute atomic E-state index is 13.7. The van der Waals surface area contributed by atoms with Gasteiger partial charge in [-0.2, -0.15) is 0 Å². The molecule has 2 aromatic carbocycles. The summed E-state index contributed by atoms with van der Waals surface area (Å²) < 4.78 is 27.5. The smallest absolute Gasteiger partial charge is 0.352 e. The molecule has 0 saturated heterocycles. The van der Waals surface area contributed by atoms with E-state index in [1.54, 1.807) is 24.3 Å². The average Bonchev–Trinajstić information content (AvgIpc) is 3.09. The van der Waals surface area contributed by atoms with Crippen LogP contribution in [0.3, 0.4) is 0 Å². The highest BCUT2D eigenvalue weighted by Gasteiger charge is 2.20. The van der Waals surface area contributed by atoms with Crippen LogP contribution in [-0.2, 0) is 4.79 Å². The zero-order chi connectivity index (χ0) is 20.3. The summed E-state index contributed by atoms with van der Waals surface area (Å²) in [4.78, 5) is 25.0. The molecule has 3 rings (SSSR count). The van der Waals surface area contributed by atoms with E-state index in [9.17, 15) is 23.5 Å². The van der Waals surface area contributed by atoms with Crippen LogP contribution in [-0.4, -0.2) is 17.0 Å². The lowest BCUT2D eigenvalue weighted by molar-refractivity contribution is -0.132. The lowest BCUT2D eigenvalue weighted by Gasteiger charge is -2.07. The van der Waals surface area contributed by atoms with E-state index in [0.29, 0.717) is 9.90 Å². The molecule has 1 amide bonds. The van der Waals surface area contributed by atoms with Crippen molar-refractivity contribution in [2.75, 3.05) is 0 Å². The fourth-order valence-electron chi connectivity index (χ4n) is 2.43. The standard InChI is InChI=1S/C20H12ClF2NO3S/c21-13-5-2-1-4-12(13)17-9-8-11(28-17)10-16(20(26)27)24-19(25)18-14(22)6-3-7-15(18)23/h1-10H,(H,24,25)(H,26,27). The van der Waals surface area contributed by atoms with E-state index in [2.05, 4.69) is 0 Å². The average molecular weight is 420 g/mol. The van der Waals surface area contributed by atoms with Gasteiger partial charge in [-0.05, 0) is 36.4 Å². The van der Waals surface area contributed by atoms with E-state index in [1.807, 2.05) is 17.4 Å². The molecule has 8 heteroatoms. The van der Waals surface area contributed by atoms with Crippen LogP contribution in [0, 0.1) is 11.6 Å². The minimum atomic E-state index is -1.45. The minimum Gasteiger partial charge on any atom is -0.477 e. The van der Waals surface area contributed by atoms with E-state index in [0.717, 1.165) is 28.6 Å². The Labute approximate surface area is 167 Å². The summed E-state index contributed by atoms with van der Waals surface area (Å²) in [5, 5.41) is 11.9. The molecule has 0 spiro atoms. The highest BCUT2D eigenvalue weighted by Crippen LogP contribution is 2.33. The Balaban J connectivity index is 1.89. The normalized spacial score (nSPS) is 11.3. The molecule has 0 atom stereocenters. The number of carbonyl (C=O) groups is 2. The van der Waals surface area contributed by atoms with E-state index >= 15 is 0 Å². The molecule has 3 aromatic rings. The lowest BCUT2D eigenvalue weighted by atomic mass is 10.1. The number of carbonyl (C=O) groups excluding carboxylic acids is 1. The number of carboxylic acids is 1. The van der Waals surface area contributed by atoms with Crippen molar-refractivity contribution in [1.82, 2.24) is 5.32 Å². The molecule has 28 heavy (non-hydrogen) atoms. The molecule has 0 aliphatic heterocycles. The molecule has 1 aromatic heterocycles. The van der Waals surface area contributed by atoms with Gasteiger partial charge in [0.05, 0.1) is 0 Å². The molecule has 0 radical (unpaired) electrons. The van der Waals surface area contributed by atoms with Crippen LogP contribution in [0.5, 0.6) is 0 Å². The van der Waals surface area contributed by atoms with E-state index in [-0.39, 0.29) is 0 Å². The van der Waals surface area contributed by atoms with Gasteiger partial charge in [-0.15, -0.1) is 11.3 Å². The zero-order valence-corrected chi connectivity index (χ0v) is 15.7. The summed E-state index contributed by atoms with van der Waals surface area (Å²) in [5.74, 6) is -4.80. The molecule has 0 aliphatic carbocycles. The van der Waals surface area contributed by atoms with Crippen molar-refractivity contribution in [3.05, 3.63) is 87.4 Å². The summed E-state index contributed by atoms with van der Waals surface area (Å²) in [6.07, 6.45) is 1.21. The Morgan fingerprint density at radius 1 is 1.00 bits per heavy atom. The highest BCUT2D eigenvalue weighted by molar-refractivity contribution is 7.16. The van der Waals surface area contributed by atoms with Crippen LogP contribution in [0.1, 0.15) is 15.2 Å².